The normalized spacial score (nSPS) is 12.8. The second kappa shape index (κ2) is 19.1. The molecule has 3 aromatic rings. The van der Waals surface area contributed by atoms with E-state index < -0.39 is 6.16 Å². The molecule has 11 heteroatoms. The van der Waals surface area contributed by atoms with Crippen molar-refractivity contribution < 1.29 is 29.3 Å². The molecular formula is C34H45Cl2N3O6. The van der Waals surface area contributed by atoms with Crippen LogP contribution in [0.4, 0.5) is 4.79 Å². The minimum Gasteiger partial charge on any atom is -0.494 e. The number of ether oxygens (including phenoxy) is 2. The molecule has 4 rings (SSSR count). The van der Waals surface area contributed by atoms with Crippen LogP contribution in [0.15, 0.2) is 48.5 Å². The second-order valence-electron chi connectivity index (χ2n) is 11.2. The van der Waals surface area contributed by atoms with Crippen LogP contribution in [0, 0.1) is 6.92 Å². The number of amides is 1. The van der Waals surface area contributed by atoms with Crippen LogP contribution in [0.5, 0.6) is 11.5 Å². The summed E-state index contributed by atoms with van der Waals surface area (Å²) in [6.07, 6.45) is 5.57. The highest BCUT2D eigenvalue weighted by molar-refractivity contribution is 6.32. The topological polar surface area (TPSA) is 121 Å². The average Bonchev–Trinajstić information content (AvgIpc) is 2.99. The Morgan fingerprint density at radius 2 is 1.69 bits per heavy atom. The number of aromatic nitrogens is 1. The van der Waals surface area contributed by atoms with Crippen LogP contribution in [0.1, 0.15) is 67.9 Å². The van der Waals surface area contributed by atoms with E-state index >= 15 is 0 Å². The van der Waals surface area contributed by atoms with E-state index in [1.54, 1.807) is 0 Å². The van der Waals surface area contributed by atoms with Gasteiger partial charge in [-0.2, -0.15) is 0 Å². The minimum atomic E-state index is -1.83. The fourth-order valence-electron chi connectivity index (χ4n) is 5.05. The molecule has 1 aromatic heterocycles. The summed E-state index contributed by atoms with van der Waals surface area (Å²) in [7, 11) is 4.09. The van der Waals surface area contributed by atoms with E-state index in [4.69, 9.17) is 41.1 Å². The van der Waals surface area contributed by atoms with Crippen LogP contribution in [0.3, 0.4) is 0 Å². The van der Waals surface area contributed by atoms with Gasteiger partial charge in [0.05, 0.1) is 23.9 Å². The summed E-state index contributed by atoms with van der Waals surface area (Å²) < 4.78 is 12.0. The number of benzene rings is 2. The Morgan fingerprint density at radius 3 is 2.36 bits per heavy atom. The molecule has 1 heterocycles. The van der Waals surface area contributed by atoms with Crippen LogP contribution in [-0.4, -0.2) is 72.1 Å². The zero-order chi connectivity index (χ0) is 32.1. The van der Waals surface area contributed by atoms with Gasteiger partial charge in [-0.15, -0.1) is 12.4 Å². The first-order valence-electron chi connectivity index (χ1n) is 15.1. The molecule has 0 spiro atoms. The third-order valence-electron chi connectivity index (χ3n) is 7.25. The van der Waals surface area contributed by atoms with Crippen molar-refractivity contribution in [1.29, 1.82) is 0 Å². The lowest BCUT2D eigenvalue weighted by atomic mass is 9.94. The van der Waals surface area contributed by atoms with Gasteiger partial charge in [-0.25, -0.2) is 9.78 Å². The zero-order valence-corrected chi connectivity index (χ0v) is 28.0. The second-order valence-corrected chi connectivity index (χ2v) is 11.6. The van der Waals surface area contributed by atoms with Gasteiger partial charge < -0.3 is 29.9 Å². The molecule has 0 atom stereocenters. The highest BCUT2D eigenvalue weighted by Crippen LogP contribution is 2.38. The number of carbonyl (C=O) groups is 2. The summed E-state index contributed by atoms with van der Waals surface area (Å²) in [5.41, 5.74) is 4.99. The van der Waals surface area contributed by atoms with Gasteiger partial charge in [0.1, 0.15) is 17.2 Å². The van der Waals surface area contributed by atoms with Gasteiger partial charge in [-0.3, -0.25) is 4.79 Å². The largest absolute Gasteiger partial charge is 0.503 e. The average molecular weight is 663 g/mol. The van der Waals surface area contributed by atoms with E-state index in [2.05, 4.69) is 36.2 Å². The molecule has 1 fully saturated rings. The number of nitrogens with zero attached hydrogens (tertiary/aromatic N) is 2. The molecule has 1 amide bonds. The molecule has 0 unspecified atom stereocenters. The number of aryl methyl sites for hydroxylation is 1. The highest BCUT2D eigenvalue weighted by atomic mass is 35.5. The van der Waals surface area contributed by atoms with Gasteiger partial charge >= 0.3 is 6.16 Å². The zero-order valence-electron chi connectivity index (χ0n) is 26.5. The summed E-state index contributed by atoms with van der Waals surface area (Å²) in [4.78, 5) is 28.9. The van der Waals surface area contributed by atoms with Crippen LogP contribution < -0.4 is 14.8 Å². The number of pyridine rings is 1. The maximum Gasteiger partial charge on any atom is 0.503 e. The Labute approximate surface area is 277 Å². The molecule has 45 heavy (non-hydrogen) atoms. The molecule has 9 nitrogen and oxygen atoms in total. The third kappa shape index (κ3) is 12.1. The summed E-state index contributed by atoms with van der Waals surface area (Å²) in [6.45, 7) is 6.31. The van der Waals surface area contributed by atoms with Crippen LogP contribution >= 0.6 is 24.0 Å². The fraction of sp³-hybridized carbons (Fsp3) is 0.441. The number of rotatable bonds is 12. The Hall–Kier alpha value is -3.53. The van der Waals surface area contributed by atoms with E-state index in [1.165, 1.54) is 6.42 Å². The van der Waals surface area contributed by atoms with Crippen molar-refractivity contribution in [2.75, 3.05) is 33.9 Å². The van der Waals surface area contributed by atoms with Gasteiger partial charge in [0.15, 0.2) is 0 Å². The lowest BCUT2D eigenvalue weighted by molar-refractivity contribution is 0.0922. The lowest BCUT2D eigenvalue weighted by Gasteiger charge is -2.23. The molecule has 2 aromatic carbocycles. The Bertz CT molecular complexity index is 1390. The molecule has 0 radical (unpaired) electrons. The first-order valence-corrected chi connectivity index (χ1v) is 15.5. The maximum absolute atomic E-state index is 13.3. The highest BCUT2D eigenvalue weighted by Gasteiger charge is 2.21. The van der Waals surface area contributed by atoms with E-state index in [1.807, 2.05) is 50.5 Å². The molecule has 246 valence electrons. The minimum absolute atomic E-state index is 0. The van der Waals surface area contributed by atoms with Gasteiger partial charge in [0.25, 0.3) is 5.91 Å². The standard InChI is InChI=1S/C33H42ClN3O3.CH2O3.ClH/c1-5-19-39-26-14-12-23(2)28(22-26)27-15-17-30(33(38)35-25-10-7-6-8-11-25)36-32(27)24-13-16-29(34)31(21-24)40-20-9-18-37(3)4;2-1(3)4;/h12-17,21-22,25H,5-11,18-20H2,1-4H3,(H,35,38);(H2,2,3,4);1H. The van der Waals surface area contributed by atoms with Crippen LogP contribution in [0.2, 0.25) is 5.02 Å². The maximum atomic E-state index is 13.3. The monoisotopic (exact) mass is 661 g/mol. The van der Waals surface area contributed by atoms with Crippen molar-refractivity contribution in [2.45, 2.75) is 64.8 Å². The third-order valence-corrected chi connectivity index (χ3v) is 7.56. The number of nitrogens with one attached hydrogen (secondary N) is 1. The Kier molecular flexibility index (Phi) is 16.0. The molecule has 1 aliphatic rings. The molecule has 3 N–H and O–H groups in total. The van der Waals surface area contributed by atoms with Crippen molar-refractivity contribution in [3.8, 4) is 33.9 Å². The number of carboxylic acid groups (broad SMARTS) is 2. The number of halogens is 2. The summed E-state index contributed by atoms with van der Waals surface area (Å²) in [6, 6.07) is 15.9. The summed E-state index contributed by atoms with van der Waals surface area (Å²) in [5.74, 6) is 1.29. The van der Waals surface area contributed by atoms with Crippen molar-refractivity contribution in [1.82, 2.24) is 15.2 Å². The fourth-order valence-corrected chi connectivity index (χ4v) is 5.23. The molecule has 1 saturated carbocycles. The predicted octanol–water partition coefficient (Wildman–Crippen LogP) is 8.20. The molecule has 1 aliphatic carbocycles. The number of hydrogen-bond donors (Lipinski definition) is 3. The molecule has 0 saturated heterocycles. The lowest BCUT2D eigenvalue weighted by Crippen LogP contribution is -2.36. The molecule has 0 bridgehead atoms. The number of hydrogen-bond acceptors (Lipinski definition) is 6. The number of carbonyl (C=O) groups excluding carboxylic acids is 1. The van der Waals surface area contributed by atoms with Gasteiger partial charge in [-0.05, 0) is 94.2 Å². The summed E-state index contributed by atoms with van der Waals surface area (Å²) >= 11 is 6.53. The van der Waals surface area contributed by atoms with E-state index in [0.29, 0.717) is 35.4 Å². The van der Waals surface area contributed by atoms with Crippen molar-refractivity contribution in [3.63, 3.8) is 0 Å². The van der Waals surface area contributed by atoms with E-state index in [9.17, 15) is 4.79 Å². The smallest absolute Gasteiger partial charge is 0.494 e. The van der Waals surface area contributed by atoms with E-state index in [0.717, 1.165) is 73.1 Å². The summed E-state index contributed by atoms with van der Waals surface area (Å²) in [5, 5.41) is 17.7. The SMILES string of the molecule is CCCOc1ccc(C)c(-c2ccc(C(=O)NC3CCCCC3)nc2-c2ccc(Cl)c(OCCCN(C)C)c2)c1.Cl.O=C(O)O. The van der Waals surface area contributed by atoms with Gasteiger partial charge in [-0.1, -0.05) is 49.9 Å². The van der Waals surface area contributed by atoms with Crippen molar-refractivity contribution >= 4 is 36.1 Å². The Balaban J connectivity index is 0.00000133. The first-order chi connectivity index (χ1) is 21.1. The van der Waals surface area contributed by atoms with Gasteiger partial charge in [0.2, 0.25) is 0 Å². The Morgan fingerprint density at radius 1 is 0.978 bits per heavy atom. The first kappa shape index (κ1) is 37.7. The van der Waals surface area contributed by atoms with E-state index in [-0.39, 0.29) is 24.4 Å². The van der Waals surface area contributed by atoms with Crippen LogP contribution in [0.25, 0.3) is 22.4 Å². The van der Waals surface area contributed by atoms with Crippen molar-refractivity contribution in [2.24, 2.45) is 0 Å². The molecule has 0 aliphatic heterocycles. The van der Waals surface area contributed by atoms with Gasteiger partial charge in [0, 0.05) is 23.7 Å². The van der Waals surface area contributed by atoms with Crippen LogP contribution in [-0.2, 0) is 0 Å². The quantitative estimate of drug-likeness (QED) is 0.166. The van der Waals surface area contributed by atoms with Crippen molar-refractivity contribution in [3.05, 3.63) is 64.8 Å². The predicted molar refractivity (Wildman–Crippen MR) is 182 cm³/mol. The molecular weight excluding hydrogens is 617 g/mol.